The van der Waals surface area contributed by atoms with Gasteiger partial charge in [-0.1, -0.05) is 47.5 Å². The minimum atomic E-state index is -4.01. The monoisotopic (exact) mass is 443 g/mol. The summed E-state index contributed by atoms with van der Waals surface area (Å²) in [4.78, 5) is 14.5. The van der Waals surface area contributed by atoms with Crippen LogP contribution in [-0.2, 0) is 14.8 Å². The highest BCUT2D eigenvalue weighted by atomic mass is 35.5. The summed E-state index contributed by atoms with van der Waals surface area (Å²) in [6, 6.07) is 12.6. The zero-order valence-corrected chi connectivity index (χ0v) is 18.1. The Hall–Kier alpha value is -1.80. The van der Waals surface area contributed by atoms with Crippen molar-refractivity contribution in [3.8, 4) is 0 Å². The normalized spacial score (nSPS) is 11.5. The molecular formula is C19H23Cl2N3O3S. The lowest BCUT2D eigenvalue weighted by molar-refractivity contribution is -0.119. The van der Waals surface area contributed by atoms with Crippen LogP contribution in [0, 0.1) is 0 Å². The van der Waals surface area contributed by atoms with Crippen molar-refractivity contribution >= 4 is 44.8 Å². The van der Waals surface area contributed by atoms with E-state index in [2.05, 4.69) is 5.32 Å². The molecule has 0 radical (unpaired) electrons. The molecule has 0 aliphatic rings. The van der Waals surface area contributed by atoms with Crippen molar-refractivity contribution in [1.82, 2.24) is 10.2 Å². The first-order valence-corrected chi connectivity index (χ1v) is 10.9. The van der Waals surface area contributed by atoms with Gasteiger partial charge in [0.1, 0.15) is 6.54 Å². The molecule has 0 aliphatic heterocycles. The number of carbonyl (C=O) groups is 1. The number of sulfonamides is 1. The number of halogens is 2. The van der Waals surface area contributed by atoms with Crippen LogP contribution in [0.25, 0.3) is 0 Å². The maximum atomic E-state index is 13.2. The summed E-state index contributed by atoms with van der Waals surface area (Å²) in [7, 11) is -0.128. The molecule has 0 unspecified atom stereocenters. The zero-order valence-electron chi connectivity index (χ0n) is 15.7. The molecule has 0 heterocycles. The van der Waals surface area contributed by atoms with Crippen LogP contribution in [0.2, 0.25) is 10.0 Å². The second-order valence-electron chi connectivity index (χ2n) is 6.40. The second-order valence-corrected chi connectivity index (χ2v) is 9.05. The summed E-state index contributed by atoms with van der Waals surface area (Å²) in [6.45, 7) is 0.852. The first-order chi connectivity index (χ1) is 13.2. The minimum absolute atomic E-state index is 0.0615. The van der Waals surface area contributed by atoms with E-state index < -0.39 is 22.5 Å². The highest BCUT2D eigenvalue weighted by Crippen LogP contribution is 2.35. The van der Waals surface area contributed by atoms with Crippen molar-refractivity contribution in [3.63, 3.8) is 0 Å². The van der Waals surface area contributed by atoms with Crippen LogP contribution in [0.3, 0.4) is 0 Å². The number of anilines is 1. The first-order valence-electron chi connectivity index (χ1n) is 8.66. The maximum Gasteiger partial charge on any atom is 0.264 e. The second kappa shape index (κ2) is 10.1. The Morgan fingerprint density at radius 1 is 1.04 bits per heavy atom. The molecule has 2 aromatic rings. The minimum Gasteiger partial charge on any atom is -0.354 e. The van der Waals surface area contributed by atoms with E-state index in [1.54, 1.807) is 30.3 Å². The number of nitrogens with one attached hydrogen (secondary N) is 1. The van der Waals surface area contributed by atoms with Gasteiger partial charge in [-0.3, -0.25) is 9.10 Å². The molecule has 2 rings (SSSR count). The van der Waals surface area contributed by atoms with Crippen molar-refractivity contribution in [2.75, 3.05) is 38.0 Å². The van der Waals surface area contributed by atoms with Crippen molar-refractivity contribution in [3.05, 3.63) is 58.6 Å². The molecular weight excluding hydrogens is 421 g/mol. The van der Waals surface area contributed by atoms with Gasteiger partial charge >= 0.3 is 0 Å². The van der Waals surface area contributed by atoms with E-state index in [0.29, 0.717) is 6.54 Å². The van der Waals surface area contributed by atoms with Crippen molar-refractivity contribution < 1.29 is 13.2 Å². The fraction of sp³-hybridized carbons (Fsp3) is 0.316. The number of hydrogen-bond donors (Lipinski definition) is 1. The van der Waals surface area contributed by atoms with Crippen LogP contribution in [0.15, 0.2) is 53.4 Å². The number of hydrogen-bond acceptors (Lipinski definition) is 4. The number of carbonyl (C=O) groups excluding carboxylic acids is 1. The topological polar surface area (TPSA) is 69.7 Å². The third-order valence-corrected chi connectivity index (χ3v) is 6.51. The van der Waals surface area contributed by atoms with Gasteiger partial charge in [0.2, 0.25) is 5.91 Å². The first kappa shape index (κ1) is 22.5. The molecule has 0 atom stereocenters. The summed E-state index contributed by atoms with van der Waals surface area (Å²) in [5.41, 5.74) is 0.154. The summed E-state index contributed by atoms with van der Waals surface area (Å²) in [6.07, 6.45) is 0.752. The van der Waals surface area contributed by atoms with Gasteiger partial charge in [-0.15, -0.1) is 0 Å². The van der Waals surface area contributed by atoms with Gasteiger partial charge in [-0.05, 0) is 51.3 Å². The molecule has 0 saturated heterocycles. The molecule has 0 aromatic heterocycles. The molecule has 28 heavy (non-hydrogen) atoms. The van der Waals surface area contributed by atoms with Crippen LogP contribution >= 0.6 is 23.2 Å². The van der Waals surface area contributed by atoms with E-state index in [4.69, 9.17) is 23.2 Å². The maximum absolute atomic E-state index is 13.2. The van der Waals surface area contributed by atoms with Crippen LogP contribution in [0.5, 0.6) is 0 Å². The average molecular weight is 444 g/mol. The van der Waals surface area contributed by atoms with Crippen LogP contribution in [0.1, 0.15) is 6.42 Å². The van der Waals surface area contributed by atoms with E-state index in [0.717, 1.165) is 17.3 Å². The predicted octanol–water partition coefficient (Wildman–Crippen LogP) is 3.26. The van der Waals surface area contributed by atoms with Gasteiger partial charge in [-0.2, -0.15) is 0 Å². The zero-order chi connectivity index (χ0) is 20.7. The lowest BCUT2D eigenvalue weighted by Gasteiger charge is -2.25. The van der Waals surface area contributed by atoms with Crippen LogP contribution < -0.4 is 9.62 Å². The fourth-order valence-corrected chi connectivity index (χ4v) is 4.42. The van der Waals surface area contributed by atoms with Crippen LogP contribution in [0.4, 0.5) is 5.69 Å². The third-order valence-electron chi connectivity index (χ3n) is 3.92. The largest absolute Gasteiger partial charge is 0.354 e. The molecule has 0 bridgehead atoms. The lowest BCUT2D eigenvalue weighted by atomic mass is 10.3. The predicted molar refractivity (Wildman–Crippen MR) is 114 cm³/mol. The Labute approximate surface area is 176 Å². The molecule has 2 aromatic carbocycles. The smallest absolute Gasteiger partial charge is 0.264 e. The van der Waals surface area contributed by atoms with E-state index in [1.165, 1.54) is 18.2 Å². The SMILES string of the molecule is CN(C)CCCNC(=O)CN(c1cccc(Cl)c1Cl)S(=O)(=O)c1ccccc1. The molecule has 152 valence electrons. The highest BCUT2D eigenvalue weighted by Gasteiger charge is 2.29. The summed E-state index contributed by atoms with van der Waals surface area (Å²) >= 11 is 12.3. The van der Waals surface area contributed by atoms with Crippen molar-refractivity contribution in [2.45, 2.75) is 11.3 Å². The van der Waals surface area contributed by atoms with Gasteiger partial charge in [0.15, 0.2) is 0 Å². The Morgan fingerprint density at radius 2 is 1.71 bits per heavy atom. The molecule has 0 aliphatic carbocycles. The van der Waals surface area contributed by atoms with Gasteiger partial charge in [0, 0.05) is 6.54 Å². The quantitative estimate of drug-likeness (QED) is 0.603. The van der Waals surface area contributed by atoms with E-state index in [1.807, 2.05) is 19.0 Å². The van der Waals surface area contributed by atoms with Crippen LogP contribution in [-0.4, -0.2) is 53.0 Å². The van der Waals surface area contributed by atoms with Gasteiger partial charge < -0.3 is 10.2 Å². The number of amides is 1. The van der Waals surface area contributed by atoms with Gasteiger partial charge in [0.25, 0.3) is 10.0 Å². The molecule has 6 nitrogen and oxygen atoms in total. The Balaban J connectivity index is 2.30. The third kappa shape index (κ3) is 5.85. The fourth-order valence-electron chi connectivity index (χ4n) is 2.51. The van der Waals surface area contributed by atoms with E-state index in [-0.39, 0.29) is 20.6 Å². The standard InChI is InChI=1S/C19H23Cl2N3O3S/c1-23(2)13-7-12-22-18(25)14-24(17-11-6-10-16(20)19(17)21)28(26,27)15-8-4-3-5-9-15/h3-6,8-11H,7,12-14H2,1-2H3,(H,22,25). The van der Waals surface area contributed by atoms with Crippen molar-refractivity contribution in [1.29, 1.82) is 0 Å². The van der Waals surface area contributed by atoms with E-state index >= 15 is 0 Å². The van der Waals surface area contributed by atoms with Gasteiger partial charge in [0.05, 0.1) is 20.6 Å². The molecule has 1 amide bonds. The molecule has 9 heteroatoms. The Kier molecular flexibility index (Phi) is 8.12. The molecule has 0 saturated carbocycles. The summed E-state index contributed by atoms with van der Waals surface area (Å²) < 4.78 is 27.4. The molecule has 0 fully saturated rings. The lowest BCUT2D eigenvalue weighted by Crippen LogP contribution is -2.41. The molecule has 1 N–H and O–H groups in total. The molecule has 0 spiro atoms. The highest BCUT2D eigenvalue weighted by molar-refractivity contribution is 7.92. The number of benzene rings is 2. The van der Waals surface area contributed by atoms with E-state index in [9.17, 15) is 13.2 Å². The van der Waals surface area contributed by atoms with Crippen molar-refractivity contribution in [2.24, 2.45) is 0 Å². The number of nitrogens with zero attached hydrogens (tertiary/aromatic N) is 2. The summed E-state index contributed by atoms with van der Waals surface area (Å²) in [5.74, 6) is -0.422. The Bertz CT molecular complexity index is 906. The Morgan fingerprint density at radius 3 is 2.36 bits per heavy atom. The summed E-state index contributed by atoms with van der Waals surface area (Å²) in [5, 5.41) is 3.03. The van der Waals surface area contributed by atoms with Gasteiger partial charge in [-0.25, -0.2) is 8.42 Å². The average Bonchev–Trinajstić information content (AvgIpc) is 2.66. The number of rotatable bonds is 9.